The molecule has 1 aliphatic heterocycles. The van der Waals surface area contributed by atoms with Crippen molar-refractivity contribution >= 4 is 21.6 Å². The van der Waals surface area contributed by atoms with E-state index < -0.39 is 31.9 Å². The van der Waals surface area contributed by atoms with Gasteiger partial charge in [0.25, 0.3) is 0 Å². The highest BCUT2D eigenvalue weighted by Crippen LogP contribution is 2.42. The first-order valence-corrected chi connectivity index (χ1v) is 11.2. The Balaban J connectivity index is 1.40. The van der Waals surface area contributed by atoms with Crippen molar-refractivity contribution in [1.82, 2.24) is 20.1 Å². The predicted octanol–water partition coefficient (Wildman–Crippen LogP) is 3.06. The summed E-state index contributed by atoms with van der Waals surface area (Å²) in [5, 5.41) is 5.93. The van der Waals surface area contributed by atoms with Crippen LogP contribution in [-0.2, 0) is 9.84 Å². The Labute approximate surface area is 172 Å². The van der Waals surface area contributed by atoms with Crippen LogP contribution in [0.4, 0.5) is 19.3 Å². The summed E-state index contributed by atoms with van der Waals surface area (Å²) in [5.74, 6) is -1.07. The van der Waals surface area contributed by atoms with E-state index in [1.165, 1.54) is 29.4 Å². The lowest BCUT2D eigenvalue weighted by atomic mass is 9.97. The second kappa shape index (κ2) is 7.86. The third kappa shape index (κ3) is 3.98. The van der Waals surface area contributed by atoms with Crippen LogP contribution >= 0.6 is 0 Å². The molecule has 2 aromatic heterocycles. The lowest BCUT2D eigenvalue weighted by Gasteiger charge is -2.35. The van der Waals surface area contributed by atoms with Crippen LogP contribution in [0.2, 0.25) is 0 Å². The summed E-state index contributed by atoms with van der Waals surface area (Å²) in [6.45, 7) is 0.0536. The Bertz CT molecular complexity index is 1010. The summed E-state index contributed by atoms with van der Waals surface area (Å²) in [7, 11) is -4.88. The zero-order valence-corrected chi connectivity index (χ0v) is 16.9. The Hall–Kier alpha value is -2.69. The number of piperidine rings is 1. The second-order valence-electron chi connectivity index (χ2n) is 7.58. The minimum absolute atomic E-state index is 0.0268. The monoisotopic (exact) mass is 437 g/mol. The van der Waals surface area contributed by atoms with Crippen LogP contribution in [0.3, 0.4) is 0 Å². The van der Waals surface area contributed by atoms with E-state index in [9.17, 15) is 22.0 Å². The molecule has 2 aromatic rings. The van der Waals surface area contributed by atoms with Gasteiger partial charge >= 0.3 is 11.3 Å². The van der Waals surface area contributed by atoms with Gasteiger partial charge in [-0.2, -0.15) is 19.0 Å². The first-order chi connectivity index (χ1) is 14.3. The van der Waals surface area contributed by atoms with Gasteiger partial charge in [0.1, 0.15) is 0 Å². The fraction of sp³-hybridized carbons (Fsp3) is 0.474. The van der Waals surface area contributed by atoms with E-state index in [0.717, 1.165) is 24.7 Å². The molecule has 30 heavy (non-hydrogen) atoms. The fourth-order valence-corrected chi connectivity index (χ4v) is 4.96. The molecule has 4 rings (SSSR count). The Morgan fingerprint density at radius 3 is 2.37 bits per heavy atom. The molecule has 1 N–H and O–H groups in total. The topological polar surface area (TPSA) is 105 Å². The van der Waals surface area contributed by atoms with Gasteiger partial charge in [-0.05, 0) is 43.9 Å². The molecule has 0 radical (unpaired) electrons. The van der Waals surface area contributed by atoms with Crippen molar-refractivity contribution in [1.29, 1.82) is 0 Å². The number of pyridine rings is 1. The largest absolute Gasteiger partial charge is 0.352 e. The van der Waals surface area contributed by atoms with Gasteiger partial charge in [-0.25, -0.2) is 13.2 Å². The summed E-state index contributed by atoms with van der Waals surface area (Å²) in [6.07, 6.45) is 5.54. The second-order valence-corrected chi connectivity index (χ2v) is 9.60. The number of urea groups is 1. The van der Waals surface area contributed by atoms with Gasteiger partial charge in [0.15, 0.2) is 0 Å². The maximum Gasteiger partial charge on any atom is 0.352 e. The molecule has 0 aromatic carbocycles. The van der Waals surface area contributed by atoms with Crippen molar-refractivity contribution in [3.63, 3.8) is 0 Å². The molecule has 2 aliphatic rings. The minimum atomic E-state index is -4.88. The number of hydrogen-bond acceptors (Lipinski definition) is 6. The van der Waals surface area contributed by atoms with Gasteiger partial charge in [0, 0.05) is 36.8 Å². The normalized spacial score (nSPS) is 18.3. The van der Waals surface area contributed by atoms with Crippen LogP contribution in [-0.4, -0.2) is 52.9 Å². The summed E-state index contributed by atoms with van der Waals surface area (Å²) in [4.78, 5) is 17.3. The SMILES string of the molecule is O=C(Nc1ccnnc1)N1CCC(C(F)(F)S(=O)(=O)c2ccc(C3CC3)nc2)CC1. The number of likely N-dealkylation sites (tertiary alicyclic amines) is 1. The smallest absolute Gasteiger partial charge is 0.325 e. The van der Waals surface area contributed by atoms with Crippen LogP contribution in [0.1, 0.15) is 37.3 Å². The number of halogens is 2. The Morgan fingerprint density at radius 1 is 1.07 bits per heavy atom. The third-order valence-corrected chi connectivity index (χ3v) is 7.43. The van der Waals surface area contributed by atoms with E-state index in [2.05, 4.69) is 20.5 Å². The highest BCUT2D eigenvalue weighted by molar-refractivity contribution is 7.92. The molecule has 0 atom stereocenters. The van der Waals surface area contributed by atoms with E-state index in [-0.39, 0.29) is 25.9 Å². The van der Waals surface area contributed by atoms with Crippen molar-refractivity contribution in [2.75, 3.05) is 18.4 Å². The molecular weight excluding hydrogens is 416 g/mol. The van der Waals surface area contributed by atoms with Gasteiger partial charge in [-0.3, -0.25) is 4.98 Å². The number of aromatic nitrogens is 3. The average Bonchev–Trinajstić information content (AvgIpc) is 3.60. The number of alkyl halides is 2. The Morgan fingerprint density at radius 2 is 1.80 bits per heavy atom. The van der Waals surface area contributed by atoms with Crippen molar-refractivity contribution in [2.45, 2.75) is 41.8 Å². The lowest BCUT2D eigenvalue weighted by Crippen LogP contribution is -2.47. The van der Waals surface area contributed by atoms with Gasteiger partial charge < -0.3 is 10.2 Å². The maximum atomic E-state index is 15.0. The molecule has 3 heterocycles. The molecule has 8 nitrogen and oxygen atoms in total. The van der Waals surface area contributed by atoms with Gasteiger partial charge in [0.2, 0.25) is 9.84 Å². The molecule has 0 spiro atoms. The van der Waals surface area contributed by atoms with Crippen molar-refractivity contribution in [2.24, 2.45) is 5.92 Å². The number of sulfone groups is 1. The zero-order valence-electron chi connectivity index (χ0n) is 16.0. The van der Waals surface area contributed by atoms with Crippen molar-refractivity contribution in [3.05, 3.63) is 42.5 Å². The molecule has 2 amide bonds. The number of hydrogen-bond donors (Lipinski definition) is 1. The molecule has 11 heteroatoms. The van der Waals surface area contributed by atoms with E-state index in [4.69, 9.17) is 0 Å². The summed E-state index contributed by atoms with van der Waals surface area (Å²) < 4.78 is 55.2. The van der Waals surface area contributed by atoms with E-state index in [1.54, 1.807) is 6.07 Å². The van der Waals surface area contributed by atoms with E-state index >= 15 is 0 Å². The molecule has 1 saturated carbocycles. The van der Waals surface area contributed by atoms with Crippen LogP contribution in [0, 0.1) is 5.92 Å². The maximum absolute atomic E-state index is 15.0. The highest BCUT2D eigenvalue weighted by atomic mass is 32.2. The van der Waals surface area contributed by atoms with E-state index in [1.807, 2.05) is 0 Å². The third-order valence-electron chi connectivity index (χ3n) is 5.52. The van der Waals surface area contributed by atoms with E-state index in [0.29, 0.717) is 11.6 Å². The highest BCUT2D eigenvalue weighted by Gasteiger charge is 2.53. The van der Waals surface area contributed by atoms with Crippen LogP contribution in [0.15, 0.2) is 41.7 Å². The van der Waals surface area contributed by atoms with Crippen LogP contribution in [0.25, 0.3) is 0 Å². The van der Waals surface area contributed by atoms with Crippen molar-refractivity contribution < 1.29 is 22.0 Å². The van der Waals surface area contributed by atoms with Gasteiger partial charge in [-0.15, -0.1) is 0 Å². The number of nitrogens with zero attached hydrogens (tertiary/aromatic N) is 4. The Kier molecular flexibility index (Phi) is 5.39. The first kappa shape index (κ1) is 20.6. The molecule has 1 aliphatic carbocycles. The fourth-order valence-electron chi connectivity index (χ4n) is 3.53. The standard InChI is InChI=1S/C19H21F2N5O3S/c20-19(21,30(28,29)16-3-4-17(22-12-16)13-1-2-13)14-6-9-26(10-7-14)18(27)25-15-5-8-23-24-11-15/h3-5,8,11-14H,1-2,6-7,9-10H2,(H,23,25,27). The molecule has 1 saturated heterocycles. The average molecular weight is 437 g/mol. The number of anilines is 1. The number of amides is 2. The zero-order chi connectivity index (χ0) is 21.4. The molecule has 0 bridgehead atoms. The quantitative estimate of drug-likeness (QED) is 0.771. The number of rotatable bonds is 5. The number of carbonyl (C=O) groups is 1. The molecule has 160 valence electrons. The molecule has 0 unspecified atom stereocenters. The van der Waals surface area contributed by atoms with Crippen molar-refractivity contribution in [3.8, 4) is 0 Å². The minimum Gasteiger partial charge on any atom is -0.325 e. The van der Waals surface area contributed by atoms with Gasteiger partial charge in [0.05, 0.1) is 23.0 Å². The van der Waals surface area contributed by atoms with Crippen LogP contribution < -0.4 is 5.32 Å². The summed E-state index contributed by atoms with van der Waals surface area (Å²) in [6, 6.07) is 3.84. The molecule has 2 fully saturated rings. The number of nitrogens with one attached hydrogen (secondary N) is 1. The lowest BCUT2D eigenvalue weighted by molar-refractivity contribution is 0.000407. The van der Waals surface area contributed by atoms with Crippen LogP contribution in [0.5, 0.6) is 0 Å². The predicted molar refractivity (Wildman–Crippen MR) is 104 cm³/mol. The summed E-state index contributed by atoms with van der Waals surface area (Å²) >= 11 is 0. The first-order valence-electron chi connectivity index (χ1n) is 9.70. The van der Waals surface area contributed by atoms with Gasteiger partial charge in [-0.1, -0.05) is 0 Å². The summed E-state index contributed by atoms with van der Waals surface area (Å²) in [5.41, 5.74) is 1.17. The number of carbonyl (C=O) groups excluding carboxylic acids is 1. The molecular formula is C19H21F2N5O3S.